The molecule has 1 aliphatic heterocycles. The number of nitrogens with one attached hydrogen (secondary N) is 1. The number of carbonyl (C=O) groups is 2. The van der Waals surface area contributed by atoms with Gasteiger partial charge in [0.05, 0.1) is 16.5 Å². The van der Waals surface area contributed by atoms with Crippen molar-refractivity contribution in [3.63, 3.8) is 0 Å². The minimum absolute atomic E-state index is 0.120. The largest absolute Gasteiger partial charge is 0.352 e. The van der Waals surface area contributed by atoms with Gasteiger partial charge < -0.3 is 10.2 Å². The molecule has 4 nitrogen and oxygen atoms in total. The van der Waals surface area contributed by atoms with Gasteiger partial charge in [-0.05, 0) is 42.7 Å². The maximum absolute atomic E-state index is 13.2. The lowest BCUT2D eigenvalue weighted by atomic mass is 9.96. The maximum Gasteiger partial charge on any atom is 0.255 e. The Morgan fingerprint density at radius 3 is 2.77 bits per heavy atom. The van der Waals surface area contributed by atoms with Crippen LogP contribution < -0.4 is 5.32 Å². The Morgan fingerprint density at radius 1 is 1.19 bits per heavy atom. The number of hydrogen-bond acceptors (Lipinski definition) is 2. The highest BCUT2D eigenvalue weighted by molar-refractivity contribution is 6.33. The van der Waals surface area contributed by atoms with Gasteiger partial charge in [-0.1, -0.05) is 35.9 Å². The number of carbonyl (C=O) groups excluding carboxylic acids is 2. The third-order valence-corrected chi connectivity index (χ3v) is 4.87. The second-order valence-corrected chi connectivity index (χ2v) is 6.83. The van der Waals surface area contributed by atoms with Gasteiger partial charge in [0.2, 0.25) is 5.91 Å². The van der Waals surface area contributed by atoms with Crippen molar-refractivity contribution < 1.29 is 14.0 Å². The molecular formula is C20H20ClFN2O2. The average Bonchev–Trinajstić information content (AvgIpc) is 2.66. The summed E-state index contributed by atoms with van der Waals surface area (Å²) in [5, 5.41) is 3.25. The molecule has 2 aromatic rings. The summed E-state index contributed by atoms with van der Waals surface area (Å²) in [6.45, 7) is 1.24. The van der Waals surface area contributed by atoms with Crippen LogP contribution >= 0.6 is 11.6 Å². The van der Waals surface area contributed by atoms with Gasteiger partial charge in [-0.2, -0.15) is 0 Å². The minimum atomic E-state index is -0.328. The molecule has 2 aromatic carbocycles. The maximum atomic E-state index is 13.2. The number of piperidine rings is 1. The number of hydrogen-bond donors (Lipinski definition) is 1. The lowest BCUT2D eigenvalue weighted by Gasteiger charge is -2.32. The zero-order chi connectivity index (χ0) is 18.5. The Balaban J connectivity index is 1.60. The zero-order valence-electron chi connectivity index (χ0n) is 14.3. The molecule has 0 saturated carbocycles. The summed E-state index contributed by atoms with van der Waals surface area (Å²) in [5.41, 5.74) is 1.16. The Hall–Kier alpha value is -2.40. The number of likely N-dealkylation sites (tertiary alicyclic amines) is 1. The van der Waals surface area contributed by atoms with Gasteiger partial charge in [0.15, 0.2) is 0 Å². The molecule has 0 spiro atoms. The van der Waals surface area contributed by atoms with E-state index in [0.29, 0.717) is 29.2 Å². The molecule has 136 valence electrons. The van der Waals surface area contributed by atoms with Crippen molar-refractivity contribution >= 4 is 23.4 Å². The van der Waals surface area contributed by atoms with E-state index >= 15 is 0 Å². The van der Waals surface area contributed by atoms with Crippen LogP contribution in [-0.4, -0.2) is 29.8 Å². The molecule has 1 heterocycles. The van der Waals surface area contributed by atoms with E-state index in [9.17, 15) is 14.0 Å². The Labute approximate surface area is 157 Å². The molecule has 1 fully saturated rings. The van der Waals surface area contributed by atoms with Gasteiger partial charge >= 0.3 is 0 Å². The second-order valence-electron chi connectivity index (χ2n) is 6.42. The Bertz CT molecular complexity index is 812. The van der Waals surface area contributed by atoms with Crippen LogP contribution in [0.4, 0.5) is 4.39 Å². The Kier molecular flexibility index (Phi) is 5.89. The monoisotopic (exact) mass is 374 g/mol. The van der Waals surface area contributed by atoms with Crippen molar-refractivity contribution in [1.29, 1.82) is 0 Å². The summed E-state index contributed by atoms with van der Waals surface area (Å²) in [6.07, 6.45) is 1.48. The van der Waals surface area contributed by atoms with Crippen LogP contribution in [0, 0.1) is 11.7 Å². The normalized spacial score (nSPS) is 17.0. The molecule has 1 saturated heterocycles. The van der Waals surface area contributed by atoms with Gasteiger partial charge in [0, 0.05) is 19.6 Å². The van der Waals surface area contributed by atoms with Crippen LogP contribution in [0.15, 0.2) is 48.5 Å². The van der Waals surface area contributed by atoms with Crippen LogP contribution in [0.1, 0.15) is 28.8 Å². The van der Waals surface area contributed by atoms with E-state index in [1.54, 1.807) is 41.3 Å². The number of benzene rings is 2. The molecule has 2 amide bonds. The first kappa shape index (κ1) is 18.4. The first-order chi connectivity index (χ1) is 12.5. The van der Waals surface area contributed by atoms with Crippen LogP contribution in [0.25, 0.3) is 0 Å². The standard InChI is InChI=1S/C20H20ClFN2O2/c21-18-9-2-1-8-17(18)20(26)24-10-4-6-15(13-24)19(25)23-12-14-5-3-7-16(22)11-14/h1-3,5,7-9,11,15H,4,6,10,12-13H2,(H,23,25)/t15-/m1/s1. The molecule has 1 atom stereocenters. The summed E-state index contributed by atoms with van der Waals surface area (Å²) in [6, 6.07) is 13.1. The highest BCUT2D eigenvalue weighted by Gasteiger charge is 2.29. The van der Waals surface area contributed by atoms with Crippen molar-refractivity contribution in [1.82, 2.24) is 10.2 Å². The summed E-state index contributed by atoms with van der Waals surface area (Å²) < 4.78 is 13.2. The third-order valence-electron chi connectivity index (χ3n) is 4.54. The van der Waals surface area contributed by atoms with Crippen LogP contribution in [0.5, 0.6) is 0 Å². The first-order valence-electron chi connectivity index (χ1n) is 8.60. The van der Waals surface area contributed by atoms with Crippen molar-refractivity contribution in [3.8, 4) is 0 Å². The van der Waals surface area contributed by atoms with E-state index in [0.717, 1.165) is 12.8 Å². The number of amides is 2. The lowest BCUT2D eigenvalue weighted by Crippen LogP contribution is -2.45. The highest BCUT2D eigenvalue weighted by atomic mass is 35.5. The van der Waals surface area contributed by atoms with Crippen molar-refractivity contribution in [2.75, 3.05) is 13.1 Å². The van der Waals surface area contributed by atoms with Gasteiger partial charge in [-0.3, -0.25) is 9.59 Å². The Morgan fingerprint density at radius 2 is 2.00 bits per heavy atom. The molecule has 3 rings (SSSR count). The molecular weight excluding hydrogens is 355 g/mol. The molecule has 1 N–H and O–H groups in total. The predicted octanol–water partition coefficient (Wildman–Crippen LogP) is 3.65. The predicted molar refractivity (Wildman–Crippen MR) is 98.3 cm³/mol. The smallest absolute Gasteiger partial charge is 0.255 e. The molecule has 0 radical (unpaired) electrons. The van der Waals surface area contributed by atoms with Crippen molar-refractivity contribution in [2.24, 2.45) is 5.92 Å². The molecule has 0 aromatic heterocycles. The topological polar surface area (TPSA) is 49.4 Å². The second kappa shape index (κ2) is 8.32. The van der Waals surface area contributed by atoms with E-state index in [2.05, 4.69) is 5.32 Å². The number of nitrogens with zero attached hydrogens (tertiary/aromatic N) is 1. The fourth-order valence-electron chi connectivity index (χ4n) is 3.16. The quantitative estimate of drug-likeness (QED) is 0.888. The van der Waals surface area contributed by atoms with E-state index in [1.165, 1.54) is 12.1 Å². The summed E-state index contributed by atoms with van der Waals surface area (Å²) in [5.74, 6) is -0.876. The number of rotatable bonds is 4. The summed E-state index contributed by atoms with van der Waals surface area (Å²) in [4.78, 5) is 26.8. The SMILES string of the molecule is O=C(NCc1cccc(F)c1)[C@@H]1CCCN(C(=O)c2ccccc2Cl)C1. The molecule has 1 aliphatic rings. The van der Waals surface area contributed by atoms with E-state index < -0.39 is 0 Å². The number of halogens is 2. The summed E-state index contributed by atoms with van der Waals surface area (Å²) in [7, 11) is 0. The van der Waals surface area contributed by atoms with Gasteiger partial charge in [0.1, 0.15) is 5.82 Å². The van der Waals surface area contributed by atoms with Crippen molar-refractivity contribution in [3.05, 3.63) is 70.5 Å². The fraction of sp³-hybridized carbons (Fsp3) is 0.300. The molecule has 0 unspecified atom stereocenters. The molecule has 6 heteroatoms. The molecule has 0 aliphatic carbocycles. The average molecular weight is 375 g/mol. The molecule has 26 heavy (non-hydrogen) atoms. The van der Waals surface area contributed by atoms with Crippen LogP contribution in [0.2, 0.25) is 5.02 Å². The van der Waals surface area contributed by atoms with E-state index in [-0.39, 0.29) is 30.1 Å². The first-order valence-corrected chi connectivity index (χ1v) is 8.98. The van der Waals surface area contributed by atoms with Crippen molar-refractivity contribution in [2.45, 2.75) is 19.4 Å². The van der Waals surface area contributed by atoms with Crippen LogP contribution in [0.3, 0.4) is 0 Å². The van der Waals surface area contributed by atoms with Gasteiger partial charge in [-0.25, -0.2) is 4.39 Å². The van der Waals surface area contributed by atoms with Crippen LogP contribution in [-0.2, 0) is 11.3 Å². The van der Waals surface area contributed by atoms with Gasteiger partial charge in [-0.15, -0.1) is 0 Å². The third kappa shape index (κ3) is 4.41. The van der Waals surface area contributed by atoms with Gasteiger partial charge in [0.25, 0.3) is 5.91 Å². The minimum Gasteiger partial charge on any atom is -0.352 e. The summed E-state index contributed by atoms with van der Waals surface area (Å²) >= 11 is 6.11. The highest BCUT2D eigenvalue weighted by Crippen LogP contribution is 2.22. The zero-order valence-corrected chi connectivity index (χ0v) is 15.0. The fourth-order valence-corrected chi connectivity index (χ4v) is 3.38. The van der Waals surface area contributed by atoms with E-state index in [4.69, 9.17) is 11.6 Å². The van der Waals surface area contributed by atoms with E-state index in [1.807, 2.05) is 0 Å². The molecule has 0 bridgehead atoms. The lowest BCUT2D eigenvalue weighted by molar-refractivity contribution is -0.126.